The molecule has 0 aliphatic heterocycles. The Morgan fingerprint density at radius 1 is 1.62 bits per heavy atom. The van der Waals surface area contributed by atoms with Gasteiger partial charge in [0.15, 0.2) is 0 Å². The summed E-state index contributed by atoms with van der Waals surface area (Å²) in [5.41, 5.74) is 5.73. The van der Waals surface area contributed by atoms with Crippen LogP contribution in [0, 0.1) is 15.9 Å². The fourth-order valence-electron chi connectivity index (χ4n) is 1.30. The van der Waals surface area contributed by atoms with Gasteiger partial charge in [0, 0.05) is 11.6 Å². The quantitative estimate of drug-likeness (QED) is 0.505. The van der Waals surface area contributed by atoms with E-state index in [-0.39, 0.29) is 18.1 Å². The van der Waals surface area contributed by atoms with Crippen LogP contribution >= 0.6 is 12.4 Å². The maximum atomic E-state index is 12.8. The van der Waals surface area contributed by atoms with Gasteiger partial charge in [-0.1, -0.05) is 6.08 Å². The van der Waals surface area contributed by atoms with Crippen LogP contribution in [0.15, 0.2) is 30.9 Å². The van der Waals surface area contributed by atoms with Gasteiger partial charge in [0.25, 0.3) is 5.69 Å². The molecule has 1 aromatic carbocycles. The van der Waals surface area contributed by atoms with E-state index in [1.807, 2.05) is 0 Å². The van der Waals surface area contributed by atoms with Crippen LogP contribution in [-0.2, 0) is 0 Å². The summed E-state index contributed by atoms with van der Waals surface area (Å²) in [6.07, 6.45) is 1.98. The number of halogens is 2. The molecule has 0 aromatic heterocycles. The fourth-order valence-corrected chi connectivity index (χ4v) is 1.30. The molecular weight excluding hydrogens is 235 g/mol. The second kappa shape index (κ2) is 6.19. The van der Waals surface area contributed by atoms with Crippen molar-refractivity contribution in [1.82, 2.24) is 0 Å². The van der Waals surface area contributed by atoms with Gasteiger partial charge >= 0.3 is 0 Å². The maximum Gasteiger partial charge on any atom is 0.277 e. The van der Waals surface area contributed by atoms with E-state index >= 15 is 0 Å². The van der Waals surface area contributed by atoms with Crippen LogP contribution in [0.4, 0.5) is 10.1 Å². The Kier molecular flexibility index (Phi) is 5.63. The predicted molar refractivity (Wildman–Crippen MR) is 62.0 cm³/mol. The standard InChI is InChI=1S/C10H11FN2O2.ClH/c1-2-3-9(12)8-5-4-7(11)6-10(8)13(14)15;/h2,4-6,9H,1,3,12H2;1H/t9-;/m0./s1. The molecule has 4 nitrogen and oxygen atoms in total. The van der Waals surface area contributed by atoms with Crippen molar-refractivity contribution in [3.63, 3.8) is 0 Å². The minimum atomic E-state index is -0.642. The lowest BCUT2D eigenvalue weighted by molar-refractivity contribution is -0.385. The van der Waals surface area contributed by atoms with Gasteiger partial charge in [0.1, 0.15) is 5.82 Å². The zero-order valence-corrected chi connectivity index (χ0v) is 9.24. The Morgan fingerprint density at radius 2 is 2.25 bits per heavy atom. The largest absolute Gasteiger partial charge is 0.323 e. The van der Waals surface area contributed by atoms with Crippen molar-refractivity contribution in [1.29, 1.82) is 0 Å². The van der Waals surface area contributed by atoms with Crippen molar-refractivity contribution in [2.24, 2.45) is 5.73 Å². The first-order valence-electron chi connectivity index (χ1n) is 4.36. The second-order valence-corrected chi connectivity index (χ2v) is 3.09. The zero-order valence-electron chi connectivity index (χ0n) is 8.43. The van der Waals surface area contributed by atoms with Crippen LogP contribution in [0.3, 0.4) is 0 Å². The number of rotatable bonds is 4. The van der Waals surface area contributed by atoms with E-state index in [4.69, 9.17) is 5.73 Å². The summed E-state index contributed by atoms with van der Waals surface area (Å²) in [5, 5.41) is 10.6. The van der Waals surface area contributed by atoms with Gasteiger partial charge in [-0.05, 0) is 18.6 Å². The van der Waals surface area contributed by atoms with Gasteiger partial charge in [-0.3, -0.25) is 10.1 Å². The maximum absolute atomic E-state index is 12.8. The summed E-state index contributed by atoms with van der Waals surface area (Å²) in [6.45, 7) is 3.49. The highest BCUT2D eigenvalue weighted by Gasteiger charge is 2.19. The third-order valence-electron chi connectivity index (χ3n) is 2.01. The zero-order chi connectivity index (χ0) is 11.4. The molecule has 0 heterocycles. The molecule has 0 aliphatic carbocycles. The summed E-state index contributed by atoms with van der Waals surface area (Å²) >= 11 is 0. The van der Waals surface area contributed by atoms with Crippen LogP contribution in [-0.4, -0.2) is 4.92 Å². The smallest absolute Gasteiger partial charge is 0.277 e. The van der Waals surface area contributed by atoms with Crippen molar-refractivity contribution < 1.29 is 9.31 Å². The Morgan fingerprint density at radius 3 is 2.75 bits per heavy atom. The van der Waals surface area contributed by atoms with Gasteiger partial charge < -0.3 is 5.73 Å². The Bertz CT molecular complexity index is 398. The molecule has 0 saturated heterocycles. The number of benzene rings is 1. The first-order chi connectivity index (χ1) is 7.06. The molecule has 0 saturated carbocycles. The molecule has 16 heavy (non-hydrogen) atoms. The third-order valence-corrected chi connectivity index (χ3v) is 2.01. The summed E-state index contributed by atoms with van der Waals surface area (Å²) in [7, 11) is 0. The molecule has 1 aromatic rings. The minimum Gasteiger partial charge on any atom is -0.323 e. The molecule has 0 aliphatic rings. The van der Waals surface area contributed by atoms with Gasteiger partial charge in [-0.2, -0.15) is 0 Å². The van der Waals surface area contributed by atoms with Crippen molar-refractivity contribution >= 4 is 18.1 Å². The van der Waals surface area contributed by atoms with E-state index in [1.54, 1.807) is 6.08 Å². The number of nitro benzene ring substituents is 1. The molecule has 0 amide bonds. The van der Waals surface area contributed by atoms with Gasteiger partial charge in [0.05, 0.1) is 11.0 Å². The van der Waals surface area contributed by atoms with E-state index in [1.165, 1.54) is 6.07 Å². The summed E-state index contributed by atoms with van der Waals surface area (Å²) in [5.74, 6) is -0.642. The lowest BCUT2D eigenvalue weighted by Gasteiger charge is -2.09. The lowest BCUT2D eigenvalue weighted by Crippen LogP contribution is -2.11. The van der Waals surface area contributed by atoms with Gasteiger partial charge in [-0.15, -0.1) is 19.0 Å². The fraction of sp³-hybridized carbons (Fsp3) is 0.200. The molecule has 1 rings (SSSR count). The van der Waals surface area contributed by atoms with Crippen molar-refractivity contribution in [3.8, 4) is 0 Å². The van der Waals surface area contributed by atoms with Crippen LogP contribution in [0.5, 0.6) is 0 Å². The predicted octanol–water partition coefficient (Wildman–Crippen LogP) is 2.73. The van der Waals surface area contributed by atoms with Crippen LogP contribution in [0.2, 0.25) is 0 Å². The van der Waals surface area contributed by atoms with Crippen LogP contribution < -0.4 is 5.73 Å². The number of hydrogen-bond donors (Lipinski definition) is 1. The highest BCUT2D eigenvalue weighted by molar-refractivity contribution is 5.85. The van der Waals surface area contributed by atoms with Crippen LogP contribution in [0.1, 0.15) is 18.0 Å². The summed E-state index contributed by atoms with van der Waals surface area (Å²) in [6, 6.07) is 2.84. The van der Waals surface area contributed by atoms with E-state index < -0.39 is 16.8 Å². The molecule has 0 fully saturated rings. The molecule has 88 valence electrons. The molecule has 0 radical (unpaired) electrons. The van der Waals surface area contributed by atoms with Crippen molar-refractivity contribution in [3.05, 3.63) is 52.3 Å². The Hall–Kier alpha value is -1.46. The Balaban J connectivity index is 0.00000225. The number of nitro groups is 1. The summed E-state index contributed by atoms with van der Waals surface area (Å²) in [4.78, 5) is 10.0. The molecule has 0 bridgehead atoms. The molecule has 6 heteroatoms. The topological polar surface area (TPSA) is 69.2 Å². The van der Waals surface area contributed by atoms with Crippen molar-refractivity contribution in [2.75, 3.05) is 0 Å². The van der Waals surface area contributed by atoms with E-state index in [0.717, 1.165) is 12.1 Å². The molecule has 0 unspecified atom stereocenters. The number of nitrogens with two attached hydrogens (primary N) is 1. The number of nitrogens with zero attached hydrogens (tertiary/aromatic N) is 1. The average Bonchev–Trinajstić information content (AvgIpc) is 2.17. The van der Waals surface area contributed by atoms with Crippen LogP contribution in [0.25, 0.3) is 0 Å². The van der Waals surface area contributed by atoms with Gasteiger partial charge in [-0.25, -0.2) is 4.39 Å². The Labute approximate surface area is 98.5 Å². The second-order valence-electron chi connectivity index (χ2n) is 3.09. The number of hydrogen-bond acceptors (Lipinski definition) is 3. The first kappa shape index (κ1) is 14.5. The van der Waals surface area contributed by atoms with E-state index in [9.17, 15) is 14.5 Å². The highest BCUT2D eigenvalue weighted by Crippen LogP contribution is 2.26. The molecule has 1 atom stereocenters. The highest BCUT2D eigenvalue weighted by atomic mass is 35.5. The molecular formula is C10H12ClFN2O2. The van der Waals surface area contributed by atoms with Gasteiger partial charge in [0.2, 0.25) is 0 Å². The van der Waals surface area contributed by atoms with E-state index in [2.05, 4.69) is 6.58 Å². The molecule has 2 N–H and O–H groups in total. The first-order valence-corrected chi connectivity index (χ1v) is 4.36. The SMILES string of the molecule is C=CC[C@H](N)c1ccc(F)cc1[N+](=O)[O-].Cl. The third kappa shape index (κ3) is 3.29. The lowest BCUT2D eigenvalue weighted by atomic mass is 10.0. The average molecular weight is 247 g/mol. The van der Waals surface area contributed by atoms with E-state index in [0.29, 0.717) is 12.0 Å². The monoisotopic (exact) mass is 246 g/mol. The normalized spacial score (nSPS) is 11.4. The minimum absolute atomic E-state index is 0. The summed E-state index contributed by atoms with van der Waals surface area (Å²) < 4.78 is 12.8. The van der Waals surface area contributed by atoms with Crippen molar-refractivity contribution in [2.45, 2.75) is 12.5 Å². The molecule has 0 spiro atoms.